The Hall–Kier alpha value is -2.95. The molecule has 2 aromatic heterocycles. The molecule has 1 amide bonds. The van der Waals surface area contributed by atoms with E-state index >= 15 is 0 Å². The lowest BCUT2D eigenvalue weighted by molar-refractivity contribution is 0.0999. The number of nitrogens with zero attached hydrogens (tertiary/aromatic N) is 3. The van der Waals surface area contributed by atoms with Crippen LogP contribution in [0.4, 0.5) is 0 Å². The van der Waals surface area contributed by atoms with E-state index in [1.807, 2.05) is 36.5 Å². The van der Waals surface area contributed by atoms with Crippen LogP contribution in [0.15, 0.2) is 61.1 Å². The number of rotatable bonds is 4. The Bertz CT molecular complexity index is 765. The molecule has 0 aliphatic carbocycles. The van der Waals surface area contributed by atoms with Crippen molar-refractivity contribution < 1.29 is 4.79 Å². The van der Waals surface area contributed by atoms with Crippen molar-refractivity contribution in [3.05, 3.63) is 77.9 Å². The zero-order chi connectivity index (χ0) is 14.7. The summed E-state index contributed by atoms with van der Waals surface area (Å²) in [5.74, 6) is -0.457. The lowest BCUT2D eigenvalue weighted by Crippen LogP contribution is -2.14. The van der Waals surface area contributed by atoms with Crippen LogP contribution < -0.4 is 5.73 Å². The first-order valence-corrected chi connectivity index (χ1v) is 6.57. The van der Waals surface area contributed by atoms with E-state index in [2.05, 4.69) is 10.1 Å². The minimum Gasteiger partial charge on any atom is -0.366 e. The van der Waals surface area contributed by atoms with Gasteiger partial charge in [-0.3, -0.25) is 9.78 Å². The van der Waals surface area contributed by atoms with Gasteiger partial charge in [0, 0.05) is 25.0 Å². The van der Waals surface area contributed by atoms with E-state index < -0.39 is 5.91 Å². The summed E-state index contributed by atoms with van der Waals surface area (Å²) in [5.41, 5.74) is 8.54. The van der Waals surface area contributed by atoms with Gasteiger partial charge in [-0.2, -0.15) is 5.10 Å². The Kier molecular flexibility index (Phi) is 3.47. The molecule has 21 heavy (non-hydrogen) atoms. The summed E-state index contributed by atoms with van der Waals surface area (Å²) < 4.78 is 1.79. The molecule has 0 aliphatic heterocycles. The van der Waals surface area contributed by atoms with Gasteiger partial charge in [0.15, 0.2) is 0 Å². The van der Waals surface area contributed by atoms with Crippen molar-refractivity contribution in [1.82, 2.24) is 14.8 Å². The van der Waals surface area contributed by atoms with Crippen LogP contribution in [0.1, 0.15) is 21.6 Å². The molecule has 3 aromatic rings. The molecule has 0 radical (unpaired) electrons. The molecule has 104 valence electrons. The summed E-state index contributed by atoms with van der Waals surface area (Å²) in [6.45, 7) is 0. The quantitative estimate of drug-likeness (QED) is 0.792. The largest absolute Gasteiger partial charge is 0.366 e. The van der Waals surface area contributed by atoms with Crippen LogP contribution in [0.3, 0.4) is 0 Å². The van der Waals surface area contributed by atoms with Gasteiger partial charge in [-0.25, -0.2) is 4.68 Å². The van der Waals surface area contributed by atoms with E-state index in [9.17, 15) is 4.79 Å². The summed E-state index contributed by atoms with van der Waals surface area (Å²) in [4.78, 5) is 15.7. The molecule has 2 heterocycles. The molecule has 5 nitrogen and oxygen atoms in total. The Labute approximate surface area is 122 Å². The highest BCUT2D eigenvalue weighted by Crippen LogP contribution is 2.15. The minimum atomic E-state index is -0.457. The second-order valence-corrected chi connectivity index (χ2v) is 4.66. The first-order chi connectivity index (χ1) is 10.2. The number of primary amides is 1. The Balaban J connectivity index is 1.93. The van der Waals surface area contributed by atoms with Crippen LogP contribution in [-0.2, 0) is 6.42 Å². The van der Waals surface area contributed by atoms with E-state index in [0.29, 0.717) is 17.7 Å². The number of hydrogen-bond acceptors (Lipinski definition) is 3. The van der Waals surface area contributed by atoms with Crippen molar-refractivity contribution >= 4 is 5.91 Å². The first kappa shape index (κ1) is 13.1. The van der Waals surface area contributed by atoms with Crippen molar-refractivity contribution in [1.29, 1.82) is 0 Å². The Morgan fingerprint density at radius 2 is 2.05 bits per heavy atom. The summed E-state index contributed by atoms with van der Waals surface area (Å²) in [7, 11) is 0. The normalized spacial score (nSPS) is 10.5. The zero-order valence-corrected chi connectivity index (χ0v) is 11.3. The van der Waals surface area contributed by atoms with E-state index in [4.69, 9.17) is 5.73 Å². The number of benzene rings is 1. The fourth-order valence-corrected chi connectivity index (χ4v) is 2.23. The number of carbonyl (C=O) groups is 1. The number of pyridine rings is 1. The minimum absolute atomic E-state index is 0.457. The number of hydrogen-bond donors (Lipinski definition) is 1. The first-order valence-electron chi connectivity index (χ1n) is 6.57. The van der Waals surface area contributed by atoms with E-state index in [-0.39, 0.29) is 0 Å². The lowest BCUT2D eigenvalue weighted by Gasteiger charge is -2.07. The fourth-order valence-electron chi connectivity index (χ4n) is 2.23. The maximum atomic E-state index is 11.4. The van der Waals surface area contributed by atoms with Crippen molar-refractivity contribution in [2.45, 2.75) is 6.42 Å². The van der Waals surface area contributed by atoms with E-state index in [1.165, 1.54) is 0 Å². The highest BCUT2D eigenvalue weighted by Gasteiger charge is 2.09. The van der Waals surface area contributed by atoms with Gasteiger partial charge in [-0.1, -0.05) is 12.1 Å². The number of carbonyl (C=O) groups excluding carboxylic acids is 1. The Morgan fingerprint density at radius 1 is 1.14 bits per heavy atom. The molecule has 0 atom stereocenters. The van der Waals surface area contributed by atoms with Crippen molar-refractivity contribution in [3.8, 4) is 5.69 Å². The second kappa shape index (κ2) is 5.58. The molecular formula is C16H14N4O. The topological polar surface area (TPSA) is 73.8 Å². The molecule has 1 aromatic carbocycles. The average molecular weight is 278 g/mol. The van der Waals surface area contributed by atoms with Crippen molar-refractivity contribution in [3.63, 3.8) is 0 Å². The van der Waals surface area contributed by atoms with Crippen molar-refractivity contribution in [2.24, 2.45) is 5.73 Å². The average Bonchev–Trinajstić information content (AvgIpc) is 3.02. The van der Waals surface area contributed by atoms with E-state index in [0.717, 1.165) is 11.3 Å². The molecule has 0 bridgehead atoms. The van der Waals surface area contributed by atoms with Crippen LogP contribution in [0.5, 0.6) is 0 Å². The molecule has 0 saturated heterocycles. The zero-order valence-electron chi connectivity index (χ0n) is 11.3. The second-order valence-electron chi connectivity index (χ2n) is 4.66. The maximum Gasteiger partial charge on any atom is 0.250 e. The molecule has 2 N–H and O–H groups in total. The summed E-state index contributed by atoms with van der Waals surface area (Å²) in [5, 5.41) is 4.21. The van der Waals surface area contributed by atoms with Gasteiger partial charge in [0.05, 0.1) is 16.9 Å². The molecule has 0 fully saturated rings. The van der Waals surface area contributed by atoms with Crippen molar-refractivity contribution in [2.75, 3.05) is 0 Å². The number of aromatic nitrogens is 3. The van der Waals surface area contributed by atoms with Crippen LogP contribution >= 0.6 is 0 Å². The maximum absolute atomic E-state index is 11.4. The van der Waals surface area contributed by atoms with Gasteiger partial charge < -0.3 is 5.73 Å². The van der Waals surface area contributed by atoms with Gasteiger partial charge in [0.1, 0.15) is 0 Å². The number of amides is 1. The lowest BCUT2D eigenvalue weighted by atomic mass is 10.0. The van der Waals surface area contributed by atoms with E-state index in [1.54, 1.807) is 29.2 Å². The van der Waals surface area contributed by atoms with Crippen LogP contribution in [0, 0.1) is 0 Å². The summed E-state index contributed by atoms with van der Waals surface area (Å²) in [6, 6.07) is 13.2. The SMILES string of the molecule is NC(=O)c1cccnc1Cc1cccc(-n2cccn2)c1. The fraction of sp³-hybridized carbons (Fsp3) is 0.0625. The molecule has 0 spiro atoms. The molecule has 5 heteroatoms. The molecule has 0 unspecified atom stereocenters. The molecular weight excluding hydrogens is 264 g/mol. The molecule has 0 aliphatic rings. The van der Waals surface area contributed by atoms with Gasteiger partial charge in [-0.15, -0.1) is 0 Å². The van der Waals surface area contributed by atoms with Gasteiger partial charge >= 0.3 is 0 Å². The third-order valence-corrected chi connectivity index (χ3v) is 3.21. The third-order valence-electron chi connectivity index (χ3n) is 3.21. The highest BCUT2D eigenvalue weighted by molar-refractivity contribution is 5.93. The van der Waals surface area contributed by atoms with Gasteiger partial charge in [0.2, 0.25) is 0 Å². The van der Waals surface area contributed by atoms with Crippen LogP contribution in [0.2, 0.25) is 0 Å². The van der Waals surface area contributed by atoms with Crippen LogP contribution in [0.25, 0.3) is 5.69 Å². The van der Waals surface area contributed by atoms with Crippen LogP contribution in [-0.4, -0.2) is 20.7 Å². The summed E-state index contributed by atoms with van der Waals surface area (Å²) in [6.07, 6.45) is 5.83. The smallest absolute Gasteiger partial charge is 0.250 e. The predicted molar refractivity (Wildman–Crippen MR) is 79.1 cm³/mol. The number of nitrogens with two attached hydrogens (primary N) is 1. The summed E-state index contributed by atoms with van der Waals surface area (Å²) >= 11 is 0. The monoisotopic (exact) mass is 278 g/mol. The third kappa shape index (κ3) is 2.81. The van der Waals surface area contributed by atoms with Gasteiger partial charge in [-0.05, 0) is 35.9 Å². The molecule has 0 saturated carbocycles. The molecule has 3 rings (SSSR count). The standard InChI is InChI=1S/C16H14N4O/c17-16(21)14-6-2-7-18-15(14)11-12-4-1-5-13(10-12)20-9-3-8-19-20/h1-10H,11H2,(H2,17,21). The van der Waals surface area contributed by atoms with Gasteiger partial charge in [0.25, 0.3) is 5.91 Å². The Morgan fingerprint density at radius 3 is 2.81 bits per heavy atom. The highest BCUT2D eigenvalue weighted by atomic mass is 16.1. The predicted octanol–water partition coefficient (Wildman–Crippen LogP) is 1.96.